The molecular formula is C8H9NO4. The van der Waals surface area contributed by atoms with Gasteiger partial charge in [-0.25, -0.2) is 4.79 Å². The first kappa shape index (κ1) is 9.31. The van der Waals surface area contributed by atoms with Crippen molar-refractivity contribution >= 4 is 11.9 Å². The van der Waals surface area contributed by atoms with Gasteiger partial charge >= 0.3 is 11.9 Å². The average Bonchev–Trinajstić information content (AvgIpc) is 2.03. The van der Waals surface area contributed by atoms with Crippen molar-refractivity contribution in [2.75, 3.05) is 0 Å². The van der Waals surface area contributed by atoms with Crippen LogP contribution in [0.15, 0.2) is 23.4 Å². The van der Waals surface area contributed by atoms with Gasteiger partial charge in [0.2, 0.25) is 0 Å². The maximum absolute atomic E-state index is 10.5. The third kappa shape index (κ3) is 1.87. The van der Waals surface area contributed by atoms with E-state index in [4.69, 9.17) is 15.9 Å². The zero-order valence-corrected chi connectivity index (χ0v) is 6.73. The monoisotopic (exact) mass is 183 g/mol. The Labute approximate surface area is 74.2 Å². The second-order valence-electron chi connectivity index (χ2n) is 2.75. The van der Waals surface area contributed by atoms with Gasteiger partial charge < -0.3 is 15.9 Å². The molecule has 0 aliphatic heterocycles. The fourth-order valence-electron chi connectivity index (χ4n) is 1.11. The van der Waals surface area contributed by atoms with Crippen molar-refractivity contribution in [1.82, 2.24) is 0 Å². The number of carboxylic acid groups (broad SMARTS) is 2. The van der Waals surface area contributed by atoms with Crippen LogP contribution in [-0.4, -0.2) is 22.2 Å². The Morgan fingerprint density at radius 1 is 1.46 bits per heavy atom. The lowest BCUT2D eigenvalue weighted by Gasteiger charge is -2.14. The molecule has 1 unspecified atom stereocenters. The van der Waals surface area contributed by atoms with Crippen LogP contribution in [0.2, 0.25) is 0 Å². The van der Waals surface area contributed by atoms with Gasteiger partial charge in [0.1, 0.15) is 0 Å². The molecule has 0 amide bonds. The predicted molar refractivity (Wildman–Crippen MR) is 43.7 cm³/mol. The molecule has 1 aliphatic rings. The molecule has 0 heterocycles. The highest BCUT2D eigenvalue weighted by atomic mass is 16.4. The van der Waals surface area contributed by atoms with Crippen LogP contribution in [0, 0.1) is 5.92 Å². The number of aliphatic carboxylic acids is 2. The molecule has 1 aliphatic carbocycles. The van der Waals surface area contributed by atoms with Crippen LogP contribution in [0.1, 0.15) is 6.42 Å². The summed E-state index contributed by atoms with van der Waals surface area (Å²) in [5.74, 6) is -2.83. The quantitative estimate of drug-likeness (QED) is 0.557. The molecule has 0 aromatic rings. The van der Waals surface area contributed by atoms with Crippen LogP contribution in [-0.2, 0) is 9.59 Å². The van der Waals surface area contributed by atoms with Gasteiger partial charge in [0.25, 0.3) is 0 Å². The fraction of sp³-hybridized carbons (Fsp3) is 0.250. The summed E-state index contributed by atoms with van der Waals surface area (Å²) in [7, 11) is 0. The molecular weight excluding hydrogens is 174 g/mol. The summed E-state index contributed by atoms with van der Waals surface area (Å²) in [5.41, 5.74) is 5.49. The number of hydrogen-bond donors (Lipinski definition) is 3. The molecule has 5 heteroatoms. The van der Waals surface area contributed by atoms with E-state index in [-0.39, 0.29) is 17.7 Å². The van der Waals surface area contributed by atoms with Crippen molar-refractivity contribution in [2.45, 2.75) is 6.42 Å². The SMILES string of the molecule is NC1=C(C(=O)O)C=CC(C(=O)O)C1. The van der Waals surface area contributed by atoms with E-state index in [1.807, 2.05) is 0 Å². The summed E-state index contributed by atoms with van der Waals surface area (Å²) in [4.78, 5) is 21.0. The van der Waals surface area contributed by atoms with Crippen LogP contribution in [0.3, 0.4) is 0 Å². The lowest BCUT2D eigenvalue weighted by atomic mass is 9.94. The average molecular weight is 183 g/mol. The van der Waals surface area contributed by atoms with Crippen LogP contribution < -0.4 is 5.73 Å². The van der Waals surface area contributed by atoms with Gasteiger partial charge in [0, 0.05) is 12.1 Å². The summed E-state index contributed by atoms with van der Waals surface area (Å²) < 4.78 is 0. The Morgan fingerprint density at radius 3 is 2.46 bits per heavy atom. The Balaban J connectivity index is 2.87. The van der Waals surface area contributed by atoms with Gasteiger partial charge in [0.15, 0.2) is 0 Å². The van der Waals surface area contributed by atoms with E-state index in [0.717, 1.165) is 0 Å². The first-order chi connectivity index (χ1) is 6.02. The lowest BCUT2D eigenvalue weighted by molar-refractivity contribution is -0.140. The number of hydrogen-bond acceptors (Lipinski definition) is 3. The molecule has 0 fully saturated rings. The van der Waals surface area contributed by atoms with Crippen LogP contribution >= 0.6 is 0 Å². The molecule has 0 bridgehead atoms. The molecule has 0 aromatic carbocycles. The molecule has 0 saturated heterocycles. The molecule has 1 rings (SSSR count). The maximum Gasteiger partial charge on any atom is 0.337 e. The van der Waals surface area contributed by atoms with Crippen LogP contribution in [0.4, 0.5) is 0 Å². The van der Waals surface area contributed by atoms with Gasteiger partial charge in [-0.1, -0.05) is 6.08 Å². The molecule has 4 N–H and O–H groups in total. The van der Waals surface area contributed by atoms with E-state index < -0.39 is 17.9 Å². The van der Waals surface area contributed by atoms with Crippen molar-refractivity contribution in [1.29, 1.82) is 0 Å². The van der Waals surface area contributed by atoms with Gasteiger partial charge in [0.05, 0.1) is 11.5 Å². The number of carboxylic acids is 2. The van der Waals surface area contributed by atoms with E-state index in [2.05, 4.69) is 0 Å². The Morgan fingerprint density at radius 2 is 2.08 bits per heavy atom. The van der Waals surface area contributed by atoms with Gasteiger partial charge in [-0.2, -0.15) is 0 Å². The Kier molecular flexibility index (Phi) is 2.36. The molecule has 13 heavy (non-hydrogen) atoms. The normalized spacial score (nSPS) is 21.7. The molecule has 0 spiro atoms. The molecule has 70 valence electrons. The summed E-state index contributed by atoms with van der Waals surface area (Å²) in [6.45, 7) is 0. The highest BCUT2D eigenvalue weighted by molar-refractivity contribution is 5.91. The Bertz CT molecular complexity index is 316. The van der Waals surface area contributed by atoms with E-state index in [1.54, 1.807) is 0 Å². The second kappa shape index (κ2) is 3.30. The zero-order valence-electron chi connectivity index (χ0n) is 6.73. The van der Waals surface area contributed by atoms with E-state index >= 15 is 0 Å². The van der Waals surface area contributed by atoms with E-state index in [9.17, 15) is 9.59 Å². The van der Waals surface area contributed by atoms with Gasteiger partial charge in [-0.3, -0.25) is 4.79 Å². The highest BCUT2D eigenvalue weighted by Gasteiger charge is 2.22. The first-order valence-electron chi connectivity index (χ1n) is 3.65. The number of allylic oxidation sites excluding steroid dienone is 1. The third-order valence-electron chi connectivity index (χ3n) is 1.83. The second-order valence-corrected chi connectivity index (χ2v) is 2.75. The Hall–Kier alpha value is -1.78. The number of nitrogens with two attached hydrogens (primary N) is 1. The third-order valence-corrected chi connectivity index (χ3v) is 1.83. The van der Waals surface area contributed by atoms with Gasteiger partial charge in [-0.15, -0.1) is 0 Å². The van der Waals surface area contributed by atoms with Crippen molar-refractivity contribution in [3.05, 3.63) is 23.4 Å². The predicted octanol–water partition coefficient (Wildman–Crippen LogP) is -0.0555. The van der Waals surface area contributed by atoms with Crippen LogP contribution in [0.5, 0.6) is 0 Å². The lowest BCUT2D eigenvalue weighted by Crippen LogP contribution is -2.21. The van der Waals surface area contributed by atoms with Crippen molar-refractivity contribution < 1.29 is 19.8 Å². The molecule has 1 atom stereocenters. The minimum absolute atomic E-state index is 0.0162. The number of rotatable bonds is 2. The van der Waals surface area contributed by atoms with Gasteiger partial charge in [-0.05, 0) is 6.08 Å². The highest BCUT2D eigenvalue weighted by Crippen LogP contribution is 2.20. The number of carbonyl (C=O) groups is 2. The first-order valence-corrected chi connectivity index (χ1v) is 3.65. The van der Waals surface area contributed by atoms with Crippen molar-refractivity contribution in [3.63, 3.8) is 0 Å². The maximum atomic E-state index is 10.5. The summed E-state index contributed by atoms with van der Waals surface area (Å²) in [5, 5.41) is 17.2. The van der Waals surface area contributed by atoms with Crippen LogP contribution in [0.25, 0.3) is 0 Å². The zero-order chi connectivity index (χ0) is 10.0. The fourth-order valence-corrected chi connectivity index (χ4v) is 1.11. The molecule has 5 nitrogen and oxygen atoms in total. The molecule has 0 saturated carbocycles. The van der Waals surface area contributed by atoms with Crippen molar-refractivity contribution in [3.8, 4) is 0 Å². The smallest absolute Gasteiger partial charge is 0.337 e. The molecule has 0 radical (unpaired) electrons. The van der Waals surface area contributed by atoms with E-state index in [0.29, 0.717) is 0 Å². The minimum atomic E-state index is -1.13. The summed E-state index contributed by atoms with van der Waals surface area (Å²) >= 11 is 0. The molecule has 0 aromatic heterocycles. The standard InChI is InChI=1S/C8H9NO4/c9-6-3-4(7(10)11)1-2-5(6)8(12)13/h1-2,4H,3,9H2,(H,10,11)(H,12,13). The topological polar surface area (TPSA) is 101 Å². The largest absolute Gasteiger partial charge is 0.481 e. The minimum Gasteiger partial charge on any atom is -0.481 e. The summed E-state index contributed by atoms with van der Waals surface area (Å²) in [6, 6.07) is 0. The van der Waals surface area contributed by atoms with E-state index in [1.165, 1.54) is 12.2 Å². The summed E-state index contributed by atoms with van der Waals surface area (Å²) in [6.07, 6.45) is 2.63. The van der Waals surface area contributed by atoms with Crippen molar-refractivity contribution in [2.24, 2.45) is 11.7 Å².